The Morgan fingerprint density at radius 1 is 1.26 bits per heavy atom. The summed E-state index contributed by atoms with van der Waals surface area (Å²) < 4.78 is 11.0. The van der Waals surface area contributed by atoms with Crippen LogP contribution in [0.4, 0.5) is 0 Å². The molecule has 0 amide bonds. The lowest BCUT2D eigenvalue weighted by Gasteiger charge is -2.24. The summed E-state index contributed by atoms with van der Waals surface area (Å²) in [5.41, 5.74) is 3.64. The van der Waals surface area contributed by atoms with Crippen LogP contribution in [-0.4, -0.2) is 23.2 Å². The number of nitrogens with zero attached hydrogens (tertiary/aromatic N) is 2. The summed E-state index contributed by atoms with van der Waals surface area (Å²) in [5, 5.41) is 4.12. The highest BCUT2D eigenvalue weighted by atomic mass is 16.5. The van der Waals surface area contributed by atoms with Gasteiger partial charge in [0, 0.05) is 18.2 Å². The fourth-order valence-electron chi connectivity index (χ4n) is 3.45. The Kier molecular flexibility index (Phi) is 5.01. The molecule has 1 atom stereocenters. The van der Waals surface area contributed by atoms with Crippen molar-refractivity contribution in [1.29, 1.82) is 0 Å². The average molecular weight is 314 g/mol. The van der Waals surface area contributed by atoms with Gasteiger partial charge in [-0.15, -0.1) is 0 Å². The van der Waals surface area contributed by atoms with Crippen molar-refractivity contribution in [2.75, 3.05) is 13.2 Å². The first-order valence-electron chi connectivity index (χ1n) is 8.57. The summed E-state index contributed by atoms with van der Waals surface area (Å²) in [6.45, 7) is 9.05. The molecule has 3 rings (SSSR count). The zero-order valence-corrected chi connectivity index (χ0v) is 14.3. The van der Waals surface area contributed by atoms with E-state index in [1.807, 2.05) is 13.8 Å². The summed E-state index contributed by atoms with van der Waals surface area (Å²) in [6.07, 6.45) is 3.45. The molecule has 0 aliphatic carbocycles. The zero-order valence-electron chi connectivity index (χ0n) is 14.3. The van der Waals surface area contributed by atoms with Gasteiger partial charge in [-0.05, 0) is 57.4 Å². The summed E-state index contributed by atoms with van der Waals surface area (Å²) in [6, 6.07) is 8.93. The van der Waals surface area contributed by atoms with Crippen LogP contribution in [0.1, 0.15) is 54.8 Å². The number of ether oxygens (including phenoxy) is 1. The Balaban J connectivity index is 1.69. The van der Waals surface area contributed by atoms with Crippen molar-refractivity contribution in [2.24, 2.45) is 0 Å². The van der Waals surface area contributed by atoms with Crippen LogP contribution in [0.25, 0.3) is 0 Å². The van der Waals surface area contributed by atoms with Crippen LogP contribution in [0.2, 0.25) is 0 Å². The van der Waals surface area contributed by atoms with Crippen molar-refractivity contribution in [3.05, 3.63) is 46.8 Å². The van der Waals surface area contributed by atoms with Gasteiger partial charge in [-0.1, -0.05) is 24.2 Å². The van der Waals surface area contributed by atoms with Crippen molar-refractivity contribution in [3.63, 3.8) is 0 Å². The highest BCUT2D eigenvalue weighted by Crippen LogP contribution is 2.36. The molecule has 124 valence electrons. The molecule has 1 aromatic heterocycles. The maximum atomic E-state index is 5.66. The standard InChI is InChI=1S/C19H26N2O2/c1-4-12-22-17-9-7-16(8-10-17)13-21-11-5-6-18(21)19-14(2)20-23-15(19)3/h7-10,18H,4-6,11-13H2,1-3H3/t18-/m0/s1. The van der Waals surface area contributed by atoms with E-state index in [2.05, 4.69) is 41.2 Å². The van der Waals surface area contributed by atoms with E-state index >= 15 is 0 Å². The van der Waals surface area contributed by atoms with E-state index in [1.54, 1.807) is 0 Å². The second kappa shape index (κ2) is 7.18. The number of benzene rings is 1. The molecule has 0 radical (unpaired) electrons. The average Bonchev–Trinajstić information content (AvgIpc) is 3.13. The molecule has 0 unspecified atom stereocenters. The minimum absolute atomic E-state index is 0.428. The van der Waals surface area contributed by atoms with E-state index in [4.69, 9.17) is 9.26 Å². The molecule has 1 aliphatic rings. The Morgan fingerprint density at radius 2 is 2.04 bits per heavy atom. The van der Waals surface area contributed by atoms with Gasteiger partial charge in [0.1, 0.15) is 11.5 Å². The Morgan fingerprint density at radius 3 is 2.70 bits per heavy atom. The van der Waals surface area contributed by atoms with E-state index in [9.17, 15) is 0 Å². The minimum atomic E-state index is 0.428. The Bertz CT molecular complexity index is 614. The van der Waals surface area contributed by atoms with Gasteiger partial charge in [-0.25, -0.2) is 0 Å². The molecular weight excluding hydrogens is 288 g/mol. The number of likely N-dealkylation sites (tertiary alicyclic amines) is 1. The van der Waals surface area contributed by atoms with Crippen LogP contribution in [0, 0.1) is 13.8 Å². The normalized spacial score (nSPS) is 18.5. The number of rotatable bonds is 6. The van der Waals surface area contributed by atoms with Gasteiger partial charge in [0.25, 0.3) is 0 Å². The number of aryl methyl sites for hydroxylation is 2. The molecule has 4 heteroatoms. The summed E-state index contributed by atoms with van der Waals surface area (Å²) in [4.78, 5) is 2.54. The van der Waals surface area contributed by atoms with Crippen LogP contribution < -0.4 is 4.74 Å². The molecule has 23 heavy (non-hydrogen) atoms. The van der Waals surface area contributed by atoms with E-state index in [0.717, 1.165) is 43.3 Å². The number of aromatic nitrogens is 1. The van der Waals surface area contributed by atoms with Crippen molar-refractivity contribution in [3.8, 4) is 5.75 Å². The van der Waals surface area contributed by atoms with Crippen LogP contribution >= 0.6 is 0 Å². The van der Waals surface area contributed by atoms with Gasteiger partial charge in [0.15, 0.2) is 0 Å². The number of hydrogen-bond acceptors (Lipinski definition) is 4. The Labute approximate surface area is 138 Å². The summed E-state index contributed by atoms with van der Waals surface area (Å²) in [7, 11) is 0. The van der Waals surface area contributed by atoms with Gasteiger partial charge < -0.3 is 9.26 Å². The van der Waals surface area contributed by atoms with Crippen molar-refractivity contribution in [2.45, 2.75) is 52.6 Å². The molecule has 0 spiro atoms. The lowest BCUT2D eigenvalue weighted by atomic mass is 10.0. The van der Waals surface area contributed by atoms with Crippen LogP contribution in [0.15, 0.2) is 28.8 Å². The Hall–Kier alpha value is -1.81. The molecular formula is C19H26N2O2. The van der Waals surface area contributed by atoms with Crippen LogP contribution in [-0.2, 0) is 6.54 Å². The number of hydrogen-bond donors (Lipinski definition) is 0. The first-order chi connectivity index (χ1) is 11.2. The second-order valence-corrected chi connectivity index (χ2v) is 6.36. The van der Waals surface area contributed by atoms with E-state index in [1.165, 1.54) is 24.0 Å². The predicted molar refractivity (Wildman–Crippen MR) is 90.6 cm³/mol. The van der Waals surface area contributed by atoms with Crippen LogP contribution in [0.3, 0.4) is 0 Å². The monoisotopic (exact) mass is 314 g/mol. The van der Waals surface area contributed by atoms with Gasteiger partial charge >= 0.3 is 0 Å². The van der Waals surface area contributed by atoms with E-state index in [0.29, 0.717) is 6.04 Å². The smallest absolute Gasteiger partial charge is 0.138 e. The van der Waals surface area contributed by atoms with Crippen molar-refractivity contribution >= 4 is 0 Å². The molecule has 2 heterocycles. The maximum absolute atomic E-state index is 5.66. The molecule has 1 saturated heterocycles. The molecule has 0 bridgehead atoms. The topological polar surface area (TPSA) is 38.5 Å². The zero-order chi connectivity index (χ0) is 16.2. The van der Waals surface area contributed by atoms with Gasteiger partial charge in [-0.3, -0.25) is 4.90 Å². The van der Waals surface area contributed by atoms with Gasteiger partial charge in [-0.2, -0.15) is 0 Å². The molecule has 0 N–H and O–H groups in total. The van der Waals surface area contributed by atoms with Gasteiger partial charge in [0.2, 0.25) is 0 Å². The third-order valence-corrected chi connectivity index (χ3v) is 4.57. The van der Waals surface area contributed by atoms with E-state index in [-0.39, 0.29) is 0 Å². The fraction of sp³-hybridized carbons (Fsp3) is 0.526. The first kappa shape index (κ1) is 16.1. The summed E-state index contributed by atoms with van der Waals surface area (Å²) in [5.74, 6) is 1.92. The van der Waals surface area contributed by atoms with Crippen molar-refractivity contribution in [1.82, 2.24) is 10.1 Å². The molecule has 1 aliphatic heterocycles. The molecule has 2 aromatic rings. The summed E-state index contributed by atoms with van der Waals surface area (Å²) >= 11 is 0. The lowest BCUT2D eigenvalue weighted by molar-refractivity contribution is 0.245. The molecule has 1 fully saturated rings. The van der Waals surface area contributed by atoms with Gasteiger partial charge in [0.05, 0.1) is 12.3 Å². The fourth-order valence-corrected chi connectivity index (χ4v) is 3.45. The highest BCUT2D eigenvalue weighted by Gasteiger charge is 2.30. The predicted octanol–water partition coefficient (Wildman–Crippen LogP) is 4.42. The largest absolute Gasteiger partial charge is 0.494 e. The third kappa shape index (κ3) is 3.58. The molecule has 4 nitrogen and oxygen atoms in total. The first-order valence-corrected chi connectivity index (χ1v) is 8.57. The second-order valence-electron chi connectivity index (χ2n) is 6.36. The lowest BCUT2D eigenvalue weighted by Crippen LogP contribution is -2.23. The quantitative estimate of drug-likeness (QED) is 0.791. The third-order valence-electron chi connectivity index (χ3n) is 4.57. The SMILES string of the molecule is CCCOc1ccc(CN2CCC[C@H]2c2c(C)noc2C)cc1. The van der Waals surface area contributed by atoms with Crippen molar-refractivity contribution < 1.29 is 9.26 Å². The highest BCUT2D eigenvalue weighted by molar-refractivity contribution is 5.29. The maximum Gasteiger partial charge on any atom is 0.138 e. The van der Waals surface area contributed by atoms with Crippen LogP contribution in [0.5, 0.6) is 5.75 Å². The van der Waals surface area contributed by atoms with E-state index < -0.39 is 0 Å². The molecule has 1 aromatic carbocycles. The minimum Gasteiger partial charge on any atom is -0.494 e. The molecule has 0 saturated carbocycles.